The second-order valence-electron chi connectivity index (χ2n) is 5.20. The zero-order valence-electron chi connectivity index (χ0n) is 12.3. The number of ether oxygens (including phenoxy) is 1. The SMILES string of the molecule is COc1cc(NC(=O)N(C)C2CCCC2)ccc1C(=O)O. The monoisotopic (exact) mass is 292 g/mol. The van der Waals surface area contributed by atoms with E-state index in [2.05, 4.69) is 5.32 Å². The summed E-state index contributed by atoms with van der Waals surface area (Å²) >= 11 is 0. The molecule has 114 valence electrons. The van der Waals surface area contributed by atoms with Gasteiger partial charge in [0.15, 0.2) is 0 Å². The van der Waals surface area contributed by atoms with Gasteiger partial charge in [0.2, 0.25) is 0 Å². The summed E-state index contributed by atoms with van der Waals surface area (Å²) in [5.41, 5.74) is 0.589. The molecule has 1 saturated carbocycles. The second-order valence-corrected chi connectivity index (χ2v) is 5.20. The number of nitrogens with one attached hydrogen (secondary N) is 1. The number of benzene rings is 1. The fourth-order valence-corrected chi connectivity index (χ4v) is 2.61. The van der Waals surface area contributed by atoms with Crippen LogP contribution in [0, 0.1) is 0 Å². The average Bonchev–Trinajstić information content (AvgIpc) is 3.00. The Morgan fingerprint density at radius 3 is 2.57 bits per heavy atom. The van der Waals surface area contributed by atoms with Gasteiger partial charge in [0, 0.05) is 24.8 Å². The lowest BCUT2D eigenvalue weighted by Crippen LogP contribution is -2.38. The van der Waals surface area contributed by atoms with E-state index in [0.29, 0.717) is 5.69 Å². The van der Waals surface area contributed by atoms with Crippen molar-refractivity contribution in [1.82, 2.24) is 4.90 Å². The van der Waals surface area contributed by atoms with Crippen molar-refractivity contribution >= 4 is 17.7 Å². The van der Waals surface area contributed by atoms with Crippen LogP contribution in [0.25, 0.3) is 0 Å². The van der Waals surface area contributed by atoms with Gasteiger partial charge in [-0.2, -0.15) is 0 Å². The first-order chi connectivity index (χ1) is 10.0. The Balaban J connectivity index is 2.08. The summed E-state index contributed by atoms with van der Waals surface area (Å²) in [5, 5.41) is 11.8. The molecule has 2 N–H and O–H groups in total. The number of rotatable bonds is 4. The van der Waals surface area contributed by atoms with Crippen LogP contribution in [0.4, 0.5) is 10.5 Å². The zero-order valence-corrected chi connectivity index (χ0v) is 12.3. The molecule has 0 atom stereocenters. The molecule has 2 rings (SSSR count). The van der Waals surface area contributed by atoms with E-state index in [-0.39, 0.29) is 23.4 Å². The van der Waals surface area contributed by atoms with Crippen LogP contribution >= 0.6 is 0 Å². The van der Waals surface area contributed by atoms with Crippen molar-refractivity contribution in [1.29, 1.82) is 0 Å². The molecular weight excluding hydrogens is 272 g/mol. The van der Waals surface area contributed by atoms with Gasteiger partial charge in [-0.25, -0.2) is 9.59 Å². The van der Waals surface area contributed by atoms with Crippen LogP contribution in [0.15, 0.2) is 18.2 Å². The van der Waals surface area contributed by atoms with Crippen molar-refractivity contribution in [2.45, 2.75) is 31.7 Å². The van der Waals surface area contributed by atoms with Gasteiger partial charge in [-0.1, -0.05) is 12.8 Å². The van der Waals surface area contributed by atoms with Gasteiger partial charge < -0.3 is 20.1 Å². The van der Waals surface area contributed by atoms with E-state index in [1.54, 1.807) is 18.0 Å². The third-order valence-corrected chi connectivity index (χ3v) is 3.88. The van der Waals surface area contributed by atoms with Crippen LogP contribution in [-0.2, 0) is 0 Å². The molecule has 2 amide bonds. The smallest absolute Gasteiger partial charge is 0.339 e. The van der Waals surface area contributed by atoms with Gasteiger partial charge in [-0.3, -0.25) is 0 Å². The number of aromatic carboxylic acids is 1. The van der Waals surface area contributed by atoms with Crippen molar-refractivity contribution in [2.75, 3.05) is 19.5 Å². The molecule has 0 saturated heterocycles. The van der Waals surface area contributed by atoms with Crippen molar-refractivity contribution in [3.8, 4) is 5.75 Å². The third-order valence-electron chi connectivity index (χ3n) is 3.88. The number of anilines is 1. The number of hydrogen-bond acceptors (Lipinski definition) is 3. The summed E-state index contributed by atoms with van der Waals surface area (Å²) < 4.78 is 5.04. The molecule has 1 aliphatic carbocycles. The Morgan fingerprint density at radius 2 is 2.00 bits per heavy atom. The standard InChI is InChI=1S/C15H20N2O4/c1-17(11-5-3-4-6-11)15(20)16-10-7-8-12(14(18)19)13(9-10)21-2/h7-9,11H,3-6H2,1-2H3,(H,16,20)(H,18,19). The topological polar surface area (TPSA) is 78.9 Å². The summed E-state index contributed by atoms with van der Waals surface area (Å²) in [7, 11) is 3.19. The maximum atomic E-state index is 12.2. The third kappa shape index (κ3) is 3.45. The van der Waals surface area contributed by atoms with Crippen molar-refractivity contribution in [2.24, 2.45) is 0 Å². The number of urea groups is 1. The van der Waals surface area contributed by atoms with E-state index < -0.39 is 5.97 Å². The molecule has 1 aromatic carbocycles. The number of hydrogen-bond donors (Lipinski definition) is 2. The van der Waals surface area contributed by atoms with Crippen molar-refractivity contribution in [3.05, 3.63) is 23.8 Å². The summed E-state index contributed by atoms with van der Waals surface area (Å²) in [6.07, 6.45) is 4.38. The number of carboxylic acids is 1. The molecule has 0 radical (unpaired) electrons. The number of carbonyl (C=O) groups is 2. The molecule has 21 heavy (non-hydrogen) atoms. The Bertz CT molecular complexity index is 538. The van der Waals surface area contributed by atoms with Crippen LogP contribution in [0.2, 0.25) is 0 Å². The molecule has 1 aliphatic rings. The van der Waals surface area contributed by atoms with Gasteiger partial charge in [0.25, 0.3) is 0 Å². The predicted molar refractivity (Wildman–Crippen MR) is 79.0 cm³/mol. The maximum absolute atomic E-state index is 12.2. The van der Waals surface area contributed by atoms with E-state index in [1.807, 2.05) is 0 Å². The molecule has 0 spiro atoms. The lowest BCUT2D eigenvalue weighted by atomic mass is 10.2. The first-order valence-electron chi connectivity index (χ1n) is 6.98. The average molecular weight is 292 g/mol. The van der Waals surface area contributed by atoms with Crippen LogP contribution in [-0.4, -0.2) is 42.2 Å². The highest BCUT2D eigenvalue weighted by atomic mass is 16.5. The Morgan fingerprint density at radius 1 is 1.33 bits per heavy atom. The first kappa shape index (κ1) is 15.2. The van der Waals surface area contributed by atoms with Gasteiger partial charge in [0.05, 0.1) is 7.11 Å². The first-order valence-corrected chi connectivity index (χ1v) is 6.98. The van der Waals surface area contributed by atoms with Crippen LogP contribution in [0.3, 0.4) is 0 Å². The molecule has 0 bridgehead atoms. The fourth-order valence-electron chi connectivity index (χ4n) is 2.61. The zero-order chi connectivity index (χ0) is 15.4. The highest BCUT2D eigenvalue weighted by Gasteiger charge is 2.23. The Hall–Kier alpha value is -2.24. The van der Waals surface area contributed by atoms with Crippen LogP contribution in [0.5, 0.6) is 5.75 Å². The van der Waals surface area contributed by atoms with Crippen LogP contribution in [0.1, 0.15) is 36.0 Å². The Labute approximate surface area is 123 Å². The lowest BCUT2D eigenvalue weighted by Gasteiger charge is -2.24. The minimum Gasteiger partial charge on any atom is -0.496 e. The molecule has 0 unspecified atom stereocenters. The number of amides is 2. The van der Waals surface area contributed by atoms with Crippen molar-refractivity contribution in [3.63, 3.8) is 0 Å². The summed E-state index contributed by atoms with van der Waals surface area (Å²) in [6.45, 7) is 0. The van der Waals surface area contributed by atoms with Crippen molar-refractivity contribution < 1.29 is 19.4 Å². The molecular formula is C15H20N2O4. The number of carboxylic acid groups (broad SMARTS) is 1. The molecule has 1 fully saturated rings. The lowest BCUT2D eigenvalue weighted by molar-refractivity contribution is 0.0693. The molecule has 0 aliphatic heterocycles. The van der Waals surface area contributed by atoms with E-state index in [1.165, 1.54) is 19.2 Å². The quantitative estimate of drug-likeness (QED) is 0.894. The highest BCUT2D eigenvalue weighted by molar-refractivity contribution is 5.94. The number of carbonyl (C=O) groups excluding carboxylic acids is 1. The molecule has 0 heterocycles. The van der Waals surface area contributed by atoms with E-state index in [0.717, 1.165) is 25.7 Å². The van der Waals surface area contributed by atoms with E-state index in [4.69, 9.17) is 9.84 Å². The minimum absolute atomic E-state index is 0.0691. The molecule has 6 heteroatoms. The van der Waals surface area contributed by atoms with E-state index in [9.17, 15) is 9.59 Å². The number of methoxy groups -OCH3 is 1. The normalized spacial score (nSPS) is 14.8. The second kappa shape index (κ2) is 6.47. The van der Waals surface area contributed by atoms with Gasteiger partial charge in [-0.15, -0.1) is 0 Å². The predicted octanol–water partition coefficient (Wildman–Crippen LogP) is 2.80. The summed E-state index contributed by atoms with van der Waals surface area (Å²) in [5.74, 6) is -0.836. The number of nitrogens with zero attached hydrogens (tertiary/aromatic N) is 1. The maximum Gasteiger partial charge on any atom is 0.339 e. The molecule has 6 nitrogen and oxygen atoms in total. The van der Waals surface area contributed by atoms with Crippen LogP contribution < -0.4 is 10.1 Å². The Kier molecular flexibility index (Phi) is 4.67. The van der Waals surface area contributed by atoms with Gasteiger partial charge >= 0.3 is 12.0 Å². The largest absolute Gasteiger partial charge is 0.496 e. The van der Waals surface area contributed by atoms with Gasteiger partial charge in [0.1, 0.15) is 11.3 Å². The summed E-state index contributed by atoms with van der Waals surface area (Å²) in [6, 6.07) is 4.60. The van der Waals surface area contributed by atoms with Gasteiger partial charge in [-0.05, 0) is 25.0 Å². The van der Waals surface area contributed by atoms with E-state index >= 15 is 0 Å². The fraction of sp³-hybridized carbons (Fsp3) is 0.467. The minimum atomic E-state index is -1.06. The highest BCUT2D eigenvalue weighted by Crippen LogP contribution is 2.25. The molecule has 1 aromatic rings. The summed E-state index contributed by atoms with van der Waals surface area (Å²) in [4.78, 5) is 24.9. The molecule has 0 aromatic heterocycles.